The molecule has 0 aromatic carbocycles. The minimum absolute atomic E-state index is 0.0136. The Labute approximate surface area is 145 Å². The second-order valence-corrected chi connectivity index (χ2v) is 8.05. The van der Waals surface area contributed by atoms with Crippen LogP contribution in [0.25, 0.3) is 0 Å². The highest BCUT2D eigenvalue weighted by atomic mass is 16.6. The maximum absolute atomic E-state index is 12.7. The molecule has 1 heterocycles. The standard InChI is InChI=1S/C19H32O5/c1-6-8-10-22-17(20)12-13(18(21)23-11-9-7-2)15-16(24-15)14(12)19(3,4)5/h12-16H,6-11H2,1-5H3/t12?,13?,14?,15-,16+/m1/s1. The van der Waals surface area contributed by atoms with Crippen LogP contribution in [-0.4, -0.2) is 37.4 Å². The highest BCUT2D eigenvalue weighted by Crippen LogP contribution is 2.57. The Balaban J connectivity index is 2.12. The molecule has 0 amide bonds. The molecule has 0 N–H and O–H groups in total. The molecule has 1 aliphatic carbocycles. The van der Waals surface area contributed by atoms with Gasteiger partial charge in [-0.05, 0) is 18.3 Å². The van der Waals surface area contributed by atoms with Gasteiger partial charge in [0.2, 0.25) is 0 Å². The number of ether oxygens (including phenoxy) is 3. The van der Waals surface area contributed by atoms with E-state index >= 15 is 0 Å². The van der Waals surface area contributed by atoms with E-state index in [2.05, 4.69) is 27.7 Å². The van der Waals surface area contributed by atoms with Crippen molar-refractivity contribution in [2.45, 2.75) is 72.5 Å². The number of hydrogen-bond acceptors (Lipinski definition) is 5. The van der Waals surface area contributed by atoms with Crippen LogP contribution >= 0.6 is 0 Å². The summed E-state index contributed by atoms with van der Waals surface area (Å²) in [6.45, 7) is 11.2. The van der Waals surface area contributed by atoms with Crippen LogP contribution in [0, 0.1) is 23.2 Å². The Kier molecular flexibility index (Phi) is 6.29. The second kappa shape index (κ2) is 7.85. The molecule has 138 valence electrons. The first kappa shape index (κ1) is 19.2. The predicted octanol–water partition coefficient (Wildman–Crippen LogP) is 3.35. The monoisotopic (exact) mass is 340 g/mol. The van der Waals surface area contributed by atoms with Crippen LogP contribution < -0.4 is 0 Å². The molecule has 2 aliphatic rings. The summed E-state index contributed by atoms with van der Waals surface area (Å²) in [5, 5.41) is 0. The zero-order valence-electron chi connectivity index (χ0n) is 15.7. The highest BCUT2D eigenvalue weighted by molar-refractivity contribution is 5.84. The van der Waals surface area contributed by atoms with E-state index in [0.29, 0.717) is 13.2 Å². The number of esters is 2. The first-order valence-electron chi connectivity index (χ1n) is 9.31. The van der Waals surface area contributed by atoms with Crippen molar-refractivity contribution in [2.75, 3.05) is 13.2 Å². The van der Waals surface area contributed by atoms with Crippen molar-refractivity contribution in [1.29, 1.82) is 0 Å². The van der Waals surface area contributed by atoms with E-state index in [9.17, 15) is 9.59 Å². The lowest BCUT2D eigenvalue weighted by molar-refractivity contribution is -0.166. The van der Waals surface area contributed by atoms with E-state index in [1.165, 1.54) is 0 Å². The van der Waals surface area contributed by atoms with E-state index in [1.54, 1.807) is 0 Å². The molecule has 0 aromatic heterocycles. The Morgan fingerprint density at radius 2 is 1.38 bits per heavy atom. The number of epoxide rings is 1. The minimum Gasteiger partial charge on any atom is -0.465 e. The minimum atomic E-state index is -0.523. The molecule has 3 unspecified atom stereocenters. The molecule has 0 spiro atoms. The van der Waals surface area contributed by atoms with Gasteiger partial charge in [-0.15, -0.1) is 0 Å². The Bertz CT molecular complexity index is 453. The normalized spacial score (nSPS) is 31.5. The van der Waals surface area contributed by atoms with Crippen LogP contribution in [-0.2, 0) is 23.8 Å². The molecule has 24 heavy (non-hydrogen) atoms. The summed E-state index contributed by atoms with van der Waals surface area (Å²) >= 11 is 0. The molecule has 0 aromatic rings. The number of carbonyl (C=O) groups is 2. The molecule has 5 atom stereocenters. The van der Waals surface area contributed by atoms with Gasteiger partial charge in [-0.1, -0.05) is 47.5 Å². The van der Waals surface area contributed by atoms with E-state index in [0.717, 1.165) is 25.7 Å². The molecular weight excluding hydrogens is 308 g/mol. The van der Waals surface area contributed by atoms with Gasteiger partial charge in [0.15, 0.2) is 0 Å². The van der Waals surface area contributed by atoms with Gasteiger partial charge in [0.25, 0.3) is 0 Å². The Morgan fingerprint density at radius 3 is 1.83 bits per heavy atom. The summed E-state index contributed by atoms with van der Waals surface area (Å²) in [5.74, 6) is -1.57. The van der Waals surface area contributed by atoms with Crippen molar-refractivity contribution < 1.29 is 23.8 Å². The Hall–Kier alpha value is -1.10. The summed E-state index contributed by atoms with van der Waals surface area (Å²) in [6, 6.07) is 0. The van der Waals surface area contributed by atoms with Crippen molar-refractivity contribution in [3.8, 4) is 0 Å². The van der Waals surface area contributed by atoms with Gasteiger partial charge in [0, 0.05) is 5.92 Å². The van der Waals surface area contributed by atoms with Crippen LogP contribution in [0.15, 0.2) is 0 Å². The van der Waals surface area contributed by atoms with E-state index in [-0.39, 0.29) is 35.5 Å². The number of carbonyl (C=O) groups excluding carboxylic acids is 2. The molecule has 5 nitrogen and oxygen atoms in total. The Morgan fingerprint density at radius 1 is 0.875 bits per heavy atom. The fraction of sp³-hybridized carbons (Fsp3) is 0.895. The lowest BCUT2D eigenvalue weighted by atomic mass is 9.72. The fourth-order valence-corrected chi connectivity index (χ4v) is 3.78. The first-order chi connectivity index (χ1) is 11.3. The molecule has 0 radical (unpaired) electrons. The summed E-state index contributed by atoms with van der Waals surface area (Å²) in [5.41, 5.74) is -0.133. The van der Waals surface area contributed by atoms with Crippen molar-refractivity contribution in [3.63, 3.8) is 0 Å². The molecule has 5 heteroatoms. The summed E-state index contributed by atoms with van der Waals surface area (Å²) in [7, 11) is 0. The smallest absolute Gasteiger partial charge is 0.312 e. The quantitative estimate of drug-likeness (QED) is 0.385. The average molecular weight is 340 g/mol. The summed E-state index contributed by atoms with van der Waals surface area (Å²) in [4.78, 5) is 25.3. The predicted molar refractivity (Wildman–Crippen MR) is 90.3 cm³/mol. The van der Waals surface area contributed by atoms with Crippen LogP contribution in [0.2, 0.25) is 0 Å². The van der Waals surface area contributed by atoms with Gasteiger partial charge in [0.1, 0.15) is 0 Å². The molecule has 0 bridgehead atoms. The van der Waals surface area contributed by atoms with E-state index in [4.69, 9.17) is 14.2 Å². The van der Waals surface area contributed by atoms with Crippen molar-refractivity contribution in [3.05, 3.63) is 0 Å². The number of fused-ring (bicyclic) bond motifs is 1. The third kappa shape index (κ3) is 4.11. The van der Waals surface area contributed by atoms with Crippen LogP contribution in [0.5, 0.6) is 0 Å². The molecule has 1 saturated carbocycles. The zero-order chi connectivity index (χ0) is 17.9. The topological polar surface area (TPSA) is 65.1 Å². The van der Waals surface area contributed by atoms with Gasteiger partial charge in [-0.25, -0.2) is 0 Å². The largest absolute Gasteiger partial charge is 0.465 e. The molecule has 2 fully saturated rings. The van der Waals surface area contributed by atoms with Gasteiger partial charge in [-0.2, -0.15) is 0 Å². The highest BCUT2D eigenvalue weighted by Gasteiger charge is 2.69. The fourth-order valence-electron chi connectivity index (χ4n) is 3.78. The van der Waals surface area contributed by atoms with Crippen molar-refractivity contribution in [2.24, 2.45) is 23.2 Å². The zero-order valence-corrected chi connectivity index (χ0v) is 15.7. The third-order valence-electron chi connectivity index (χ3n) is 5.07. The van der Waals surface area contributed by atoms with Gasteiger partial charge in [0.05, 0.1) is 37.3 Å². The summed E-state index contributed by atoms with van der Waals surface area (Å²) < 4.78 is 16.6. The van der Waals surface area contributed by atoms with Crippen molar-refractivity contribution >= 4 is 11.9 Å². The number of unbranched alkanes of at least 4 members (excludes halogenated alkanes) is 2. The maximum atomic E-state index is 12.7. The van der Waals surface area contributed by atoms with Gasteiger partial charge >= 0.3 is 11.9 Å². The lowest BCUT2D eigenvalue weighted by Crippen LogP contribution is -2.41. The van der Waals surface area contributed by atoms with Crippen LogP contribution in [0.4, 0.5) is 0 Å². The van der Waals surface area contributed by atoms with E-state index < -0.39 is 11.8 Å². The third-order valence-corrected chi connectivity index (χ3v) is 5.07. The van der Waals surface area contributed by atoms with Gasteiger partial charge in [-0.3, -0.25) is 9.59 Å². The summed E-state index contributed by atoms with van der Waals surface area (Å²) in [6.07, 6.45) is 3.39. The maximum Gasteiger partial charge on any atom is 0.312 e. The number of rotatable bonds is 8. The first-order valence-corrected chi connectivity index (χ1v) is 9.31. The number of hydrogen-bond donors (Lipinski definition) is 0. The van der Waals surface area contributed by atoms with E-state index in [1.807, 2.05) is 6.92 Å². The van der Waals surface area contributed by atoms with Crippen LogP contribution in [0.1, 0.15) is 60.3 Å². The molecule has 1 aliphatic heterocycles. The average Bonchev–Trinajstić information content (AvgIpc) is 3.18. The molecular formula is C19H32O5. The van der Waals surface area contributed by atoms with Crippen LogP contribution in [0.3, 0.4) is 0 Å². The molecule has 2 rings (SSSR count). The van der Waals surface area contributed by atoms with Crippen molar-refractivity contribution in [1.82, 2.24) is 0 Å². The SMILES string of the molecule is CCCCOC(=O)C1C(C(=O)OCCCC)[C@H]2O[C@H]2C1C(C)(C)C. The molecule has 1 saturated heterocycles. The lowest BCUT2D eigenvalue weighted by Gasteiger charge is -2.34. The van der Waals surface area contributed by atoms with Gasteiger partial charge < -0.3 is 14.2 Å². The second-order valence-electron chi connectivity index (χ2n) is 8.05.